The summed E-state index contributed by atoms with van der Waals surface area (Å²) in [6.45, 7) is 0. The molecule has 1 N–H and O–H groups in total. The van der Waals surface area contributed by atoms with Crippen molar-refractivity contribution in [3.05, 3.63) is 23.5 Å². The molecule has 9 heteroatoms. The molecule has 1 amide bonds. The molecule has 7 nitrogen and oxygen atoms in total. The Kier molecular flexibility index (Phi) is 2.56. The van der Waals surface area contributed by atoms with Crippen molar-refractivity contribution in [2.75, 3.05) is 5.32 Å². The summed E-state index contributed by atoms with van der Waals surface area (Å²) in [5, 5.41) is 13.6. The molecule has 19 heavy (non-hydrogen) atoms. The van der Waals surface area contributed by atoms with Crippen LogP contribution in [0.15, 0.2) is 22.2 Å². The highest BCUT2D eigenvalue weighted by atomic mass is 32.2. The Morgan fingerprint density at radius 3 is 2.84 bits per heavy atom. The molecule has 1 aromatic heterocycles. The van der Waals surface area contributed by atoms with E-state index >= 15 is 0 Å². The molecule has 0 unspecified atom stereocenters. The molecule has 3 rings (SSSR count). The molecule has 0 saturated heterocycles. The lowest BCUT2D eigenvalue weighted by Gasteiger charge is -2.04. The topological polar surface area (TPSA) is 89.8 Å². The molecule has 1 aliphatic heterocycles. The minimum Gasteiger partial charge on any atom is -0.318 e. The van der Waals surface area contributed by atoms with E-state index in [1.807, 2.05) is 0 Å². The molecule has 0 spiro atoms. The summed E-state index contributed by atoms with van der Waals surface area (Å²) in [5.74, 6) is -2.08. The van der Waals surface area contributed by atoms with E-state index in [0.29, 0.717) is 10.8 Å². The lowest BCUT2D eigenvalue weighted by atomic mass is 10.1. The fourth-order valence-electron chi connectivity index (χ4n) is 1.63. The molecule has 0 fully saturated rings. The summed E-state index contributed by atoms with van der Waals surface area (Å²) >= 11 is 1.01. The van der Waals surface area contributed by atoms with E-state index in [1.54, 1.807) is 7.05 Å². The van der Waals surface area contributed by atoms with Gasteiger partial charge in [0.25, 0.3) is 11.7 Å². The average Bonchev–Trinajstić information content (AvgIpc) is 2.88. The number of carbonyl (C=O) groups is 2. The second-order valence-corrected chi connectivity index (χ2v) is 4.81. The van der Waals surface area contributed by atoms with Gasteiger partial charge in [-0.1, -0.05) is 0 Å². The van der Waals surface area contributed by atoms with Gasteiger partial charge in [0.2, 0.25) is 5.16 Å². The summed E-state index contributed by atoms with van der Waals surface area (Å²) in [6.07, 6.45) is 0. The predicted octanol–water partition coefficient (Wildman–Crippen LogP) is 0.635. The van der Waals surface area contributed by atoms with Gasteiger partial charge < -0.3 is 5.32 Å². The number of anilines is 1. The number of tetrazole rings is 1. The number of fused-ring (bicyclic) bond motifs is 1. The first kappa shape index (κ1) is 11.8. The summed E-state index contributed by atoms with van der Waals surface area (Å²) in [7, 11) is 1.62. The van der Waals surface area contributed by atoms with Crippen molar-refractivity contribution < 1.29 is 14.0 Å². The monoisotopic (exact) mass is 279 g/mol. The van der Waals surface area contributed by atoms with E-state index in [2.05, 4.69) is 20.8 Å². The van der Waals surface area contributed by atoms with Crippen LogP contribution in [-0.4, -0.2) is 31.9 Å². The molecule has 0 aliphatic carbocycles. The van der Waals surface area contributed by atoms with Crippen molar-refractivity contribution in [2.45, 2.75) is 10.1 Å². The summed E-state index contributed by atoms with van der Waals surface area (Å²) in [6, 6.07) is 2.44. The second kappa shape index (κ2) is 4.12. The maximum Gasteiger partial charge on any atom is 0.296 e. The largest absolute Gasteiger partial charge is 0.318 e. The number of nitrogens with one attached hydrogen (secondary N) is 1. The highest BCUT2D eigenvalue weighted by molar-refractivity contribution is 7.99. The molecular weight excluding hydrogens is 273 g/mol. The summed E-state index contributed by atoms with van der Waals surface area (Å²) < 4.78 is 15.3. The Morgan fingerprint density at radius 2 is 2.16 bits per heavy atom. The minimum atomic E-state index is -0.753. The highest BCUT2D eigenvalue weighted by Crippen LogP contribution is 2.34. The third kappa shape index (κ3) is 1.87. The Morgan fingerprint density at radius 1 is 1.37 bits per heavy atom. The van der Waals surface area contributed by atoms with E-state index in [0.717, 1.165) is 17.8 Å². The number of Topliss-reactive ketones (excluding diaryl/α,β-unsaturated/α-hetero) is 1. The average molecular weight is 279 g/mol. The first-order valence-electron chi connectivity index (χ1n) is 5.15. The van der Waals surface area contributed by atoms with E-state index in [4.69, 9.17) is 0 Å². The van der Waals surface area contributed by atoms with Crippen LogP contribution in [-0.2, 0) is 11.8 Å². The zero-order chi connectivity index (χ0) is 13.6. The van der Waals surface area contributed by atoms with Crippen LogP contribution < -0.4 is 5.32 Å². The Balaban J connectivity index is 2.01. The maximum absolute atomic E-state index is 13.9. The maximum atomic E-state index is 13.9. The number of nitrogens with zero attached hydrogens (tertiary/aromatic N) is 4. The van der Waals surface area contributed by atoms with Gasteiger partial charge in [-0.05, 0) is 34.3 Å². The molecule has 0 atom stereocenters. The molecule has 0 saturated carbocycles. The standard InChI is InChI=1S/C10H6FN5O2S/c1-16-10(13-14-15-16)19-7-3-6-4(2-5(7)11)8(17)9(18)12-6/h2-3H,1H3,(H,12,17,18). The van der Waals surface area contributed by atoms with Crippen LogP contribution in [0.3, 0.4) is 0 Å². The molecule has 2 heterocycles. The van der Waals surface area contributed by atoms with Gasteiger partial charge in [0.15, 0.2) is 0 Å². The van der Waals surface area contributed by atoms with Gasteiger partial charge in [0, 0.05) is 7.05 Å². The first-order valence-corrected chi connectivity index (χ1v) is 5.97. The van der Waals surface area contributed by atoms with Crippen LogP contribution in [0.1, 0.15) is 10.4 Å². The van der Waals surface area contributed by atoms with Crippen molar-refractivity contribution in [1.82, 2.24) is 20.2 Å². The molecule has 0 radical (unpaired) electrons. The summed E-state index contributed by atoms with van der Waals surface area (Å²) in [4.78, 5) is 22.8. The predicted molar refractivity (Wildman–Crippen MR) is 62.3 cm³/mol. The van der Waals surface area contributed by atoms with Crippen molar-refractivity contribution in [2.24, 2.45) is 7.05 Å². The number of hydrogen-bond donors (Lipinski definition) is 1. The third-order valence-electron chi connectivity index (χ3n) is 2.55. The van der Waals surface area contributed by atoms with E-state index in [1.165, 1.54) is 10.7 Å². The SMILES string of the molecule is Cn1nnnc1Sc1cc2c(cc1F)C(=O)C(=O)N2. The second-order valence-electron chi connectivity index (χ2n) is 3.80. The Hall–Kier alpha value is -2.29. The van der Waals surface area contributed by atoms with Crippen LogP contribution in [0.2, 0.25) is 0 Å². The number of carbonyl (C=O) groups excluding carboxylic acids is 2. The lowest BCUT2D eigenvalue weighted by Crippen LogP contribution is -2.12. The molecule has 96 valence electrons. The van der Waals surface area contributed by atoms with E-state index in [9.17, 15) is 14.0 Å². The number of rotatable bonds is 2. The van der Waals surface area contributed by atoms with Gasteiger partial charge in [-0.15, -0.1) is 5.10 Å². The third-order valence-corrected chi connectivity index (χ3v) is 3.61. The van der Waals surface area contributed by atoms with Crippen molar-refractivity contribution in [3.8, 4) is 0 Å². The van der Waals surface area contributed by atoms with Crippen molar-refractivity contribution >= 4 is 29.1 Å². The molecule has 1 aliphatic rings. The van der Waals surface area contributed by atoms with Crippen LogP contribution >= 0.6 is 11.8 Å². The van der Waals surface area contributed by atoms with Crippen LogP contribution in [0.5, 0.6) is 0 Å². The normalized spacial score (nSPS) is 13.6. The van der Waals surface area contributed by atoms with Gasteiger partial charge in [0.1, 0.15) is 5.82 Å². The Bertz CT molecular complexity index is 714. The fraction of sp³-hybridized carbons (Fsp3) is 0.100. The number of amides is 1. The van der Waals surface area contributed by atoms with Crippen LogP contribution in [0.4, 0.5) is 10.1 Å². The summed E-state index contributed by atoms with van der Waals surface area (Å²) in [5.41, 5.74) is 0.344. The number of benzene rings is 1. The van der Waals surface area contributed by atoms with Crippen LogP contribution in [0, 0.1) is 5.82 Å². The smallest absolute Gasteiger partial charge is 0.296 e. The van der Waals surface area contributed by atoms with Gasteiger partial charge in [0.05, 0.1) is 16.1 Å². The lowest BCUT2D eigenvalue weighted by molar-refractivity contribution is -0.112. The number of ketones is 1. The van der Waals surface area contributed by atoms with Gasteiger partial charge in [-0.25, -0.2) is 9.07 Å². The fourth-order valence-corrected chi connectivity index (χ4v) is 2.41. The van der Waals surface area contributed by atoms with Crippen molar-refractivity contribution in [3.63, 3.8) is 0 Å². The van der Waals surface area contributed by atoms with Gasteiger partial charge >= 0.3 is 0 Å². The number of aromatic nitrogens is 4. The minimum absolute atomic E-state index is 0.0444. The molecule has 1 aromatic carbocycles. The van der Waals surface area contributed by atoms with E-state index in [-0.39, 0.29) is 10.5 Å². The quantitative estimate of drug-likeness (QED) is 0.811. The molecular formula is C10H6FN5O2S. The number of aryl methyl sites for hydroxylation is 1. The Labute approximate surface area is 110 Å². The molecule has 2 aromatic rings. The zero-order valence-electron chi connectivity index (χ0n) is 9.55. The highest BCUT2D eigenvalue weighted by Gasteiger charge is 2.29. The number of halogens is 1. The molecule has 0 bridgehead atoms. The first-order chi connectivity index (χ1) is 9.06. The van der Waals surface area contributed by atoms with E-state index < -0.39 is 17.5 Å². The van der Waals surface area contributed by atoms with Gasteiger partial charge in [-0.3, -0.25) is 9.59 Å². The number of hydrogen-bond acceptors (Lipinski definition) is 6. The zero-order valence-corrected chi connectivity index (χ0v) is 10.4. The van der Waals surface area contributed by atoms with Crippen molar-refractivity contribution in [1.29, 1.82) is 0 Å². The van der Waals surface area contributed by atoms with Gasteiger partial charge in [-0.2, -0.15) is 0 Å². The van der Waals surface area contributed by atoms with Crippen LogP contribution in [0.25, 0.3) is 0 Å².